The number of carbonyl (C=O) groups is 2. The quantitative estimate of drug-likeness (QED) is 0.491. The van der Waals surface area contributed by atoms with E-state index in [1.54, 1.807) is 0 Å². The predicted molar refractivity (Wildman–Crippen MR) is 63.5 cm³/mol. The zero-order chi connectivity index (χ0) is 12.6. The minimum Gasteiger partial charge on any atom is -0.422 e. The molecule has 2 spiro atoms. The van der Waals surface area contributed by atoms with Crippen LogP contribution in [0.1, 0.15) is 64.2 Å². The van der Waals surface area contributed by atoms with Gasteiger partial charge in [0, 0.05) is 12.8 Å². The highest BCUT2D eigenvalue weighted by Gasteiger charge is 2.50. The van der Waals surface area contributed by atoms with Gasteiger partial charge in [-0.25, -0.2) is 0 Å². The zero-order valence-corrected chi connectivity index (χ0v) is 10.7. The van der Waals surface area contributed by atoms with Gasteiger partial charge in [-0.2, -0.15) is 0 Å². The maximum Gasteiger partial charge on any atom is 0.320 e. The Morgan fingerprint density at radius 1 is 0.722 bits per heavy atom. The molecule has 1 aliphatic heterocycles. The molecular formula is C14H20O4. The Bertz CT molecular complexity index is 340. The molecule has 2 aliphatic carbocycles. The maximum atomic E-state index is 11.4. The van der Waals surface area contributed by atoms with Crippen molar-refractivity contribution in [2.75, 3.05) is 0 Å². The number of rotatable bonds is 0. The molecule has 0 unspecified atom stereocenters. The molecular weight excluding hydrogens is 232 g/mol. The minimum absolute atomic E-state index is 0.229. The third-order valence-electron chi connectivity index (χ3n) is 4.88. The monoisotopic (exact) mass is 252 g/mol. The number of carbonyl (C=O) groups excluding carboxylic acids is 2. The van der Waals surface area contributed by atoms with Crippen molar-refractivity contribution in [2.45, 2.75) is 70.0 Å². The van der Waals surface area contributed by atoms with Crippen molar-refractivity contribution in [3.05, 3.63) is 0 Å². The van der Waals surface area contributed by atoms with E-state index in [2.05, 4.69) is 0 Å². The smallest absolute Gasteiger partial charge is 0.320 e. The molecule has 0 N–H and O–H groups in total. The molecule has 0 aromatic rings. The highest BCUT2D eigenvalue weighted by atomic mass is 16.7. The van der Waals surface area contributed by atoms with Crippen LogP contribution in [-0.2, 0) is 19.1 Å². The topological polar surface area (TPSA) is 52.6 Å². The van der Waals surface area contributed by atoms with E-state index < -0.39 is 17.7 Å². The van der Waals surface area contributed by atoms with Crippen LogP contribution in [0, 0.1) is 5.41 Å². The van der Waals surface area contributed by atoms with Gasteiger partial charge in [0.15, 0.2) is 0 Å². The lowest BCUT2D eigenvalue weighted by Gasteiger charge is -2.47. The highest BCUT2D eigenvalue weighted by molar-refractivity contribution is 5.93. The average molecular weight is 252 g/mol. The van der Waals surface area contributed by atoms with E-state index >= 15 is 0 Å². The molecule has 0 amide bonds. The summed E-state index contributed by atoms with van der Waals surface area (Å²) in [5.41, 5.74) is 0.430. The summed E-state index contributed by atoms with van der Waals surface area (Å²) in [7, 11) is 0. The Morgan fingerprint density at radius 2 is 1.28 bits per heavy atom. The van der Waals surface area contributed by atoms with Gasteiger partial charge in [-0.1, -0.05) is 19.3 Å². The van der Waals surface area contributed by atoms with Gasteiger partial charge in [-0.3, -0.25) is 9.59 Å². The second-order valence-corrected chi connectivity index (χ2v) is 6.10. The number of ether oxygens (including phenoxy) is 2. The van der Waals surface area contributed by atoms with Crippen molar-refractivity contribution in [3.63, 3.8) is 0 Å². The molecule has 1 saturated heterocycles. The Balaban J connectivity index is 1.68. The molecule has 0 radical (unpaired) electrons. The maximum absolute atomic E-state index is 11.4. The van der Waals surface area contributed by atoms with Crippen molar-refractivity contribution in [1.29, 1.82) is 0 Å². The summed E-state index contributed by atoms with van der Waals surface area (Å²) in [5.74, 6) is -1.77. The summed E-state index contributed by atoms with van der Waals surface area (Å²) in [6.07, 6.45) is 9.72. The fraction of sp³-hybridized carbons (Fsp3) is 0.857. The second kappa shape index (κ2) is 4.25. The zero-order valence-electron chi connectivity index (χ0n) is 10.7. The Hall–Kier alpha value is -1.06. The molecule has 4 nitrogen and oxygen atoms in total. The Kier molecular flexibility index (Phi) is 2.83. The standard InChI is InChI=1S/C14H20O4/c15-11-10-12(16)18-14(17-11)8-6-13(7-9-14)4-2-1-3-5-13/h1-10H2. The Labute approximate surface area is 107 Å². The Morgan fingerprint density at radius 3 is 1.83 bits per heavy atom. The van der Waals surface area contributed by atoms with Crippen LogP contribution in [0.5, 0.6) is 0 Å². The van der Waals surface area contributed by atoms with Crippen LogP contribution in [0.25, 0.3) is 0 Å². The molecule has 100 valence electrons. The molecule has 4 heteroatoms. The van der Waals surface area contributed by atoms with Gasteiger partial charge in [-0.05, 0) is 31.1 Å². The summed E-state index contributed by atoms with van der Waals surface area (Å²) < 4.78 is 10.7. The largest absolute Gasteiger partial charge is 0.422 e. The molecule has 0 atom stereocenters. The van der Waals surface area contributed by atoms with Crippen molar-refractivity contribution >= 4 is 11.9 Å². The second-order valence-electron chi connectivity index (χ2n) is 6.10. The lowest BCUT2D eigenvalue weighted by Crippen LogP contribution is -2.49. The third-order valence-corrected chi connectivity index (χ3v) is 4.88. The van der Waals surface area contributed by atoms with Gasteiger partial charge in [0.05, 0.1) is 0 Å². The van der Waals surface area contributed by atoms with Gasteiger partial charge >= 0.3 is 11.9 Å². The summed E-state index contributed by atoms with van der Waals surface area (Å²) in [6.45, 7) is 0. The molecule has 2 saturated carbocycles. The lowest BCUT2D eigenvalue weighted by molar-refractivity contribution is -0.259. The first-order valence-corrected chi connectivity index (χ1v) is 7.05. The first-order chi connectivity index (χ1) is 8.62. The first-order valence-electron chi connectivity index (χ1n) is 7.05. The van der Waals surface area contributed by atoms with Crippen molar-refractivity contribution in [3.8, 4) is 0 Å². The van der Waals surface area contributed by atoms with Crippen LogP contribution < -0.4 is 0 Å². The van der Waals surface area contributed by atoms with Crippen LogP contribution >= 0.6 is 0 Å². The molecule has 0 aromatic heterocycles. The summed E-state index contributed by atoms with van der Waals surface area (Å²) in [4.78, 5) is 22.8. The van der Waals surface area contributed by atoms with Crippen molar-refractivity contribution in [2.24, 2.45) is 5.41 Å². The van der Waals surface area contributed by atoms with Gasteiger partial charge in [0.25, 0.3) is 5.79 Å². The molecule has 1 heterocycles. The van der Waals surface area contributed by atoms with Crippen LogP contribution in [0.2, 0.25) is 0 Å². The fourth-order valence-electron chi connectivity index (χ4n) is 3.79. The van der Waals surface area contributed by atoms with Crippen LogP contribution in [0.15, 0.2) is 0 Å². The normalized spacial score (nSPS) is 30.0. The number of hydrogen-bond acceptors (Lipinski definition) is 4. The molecule has 3 aliphatic rings. The molecule has 18 heavy (non-hydrogen) atoms. The first kappa shape index (κ1) is 12.0. The third kappa shape index (κ3) is 2.13. The van der Waals surface area contributed by atoms with Crippen molar-refractivity contribution < 1.29 is 19.1 Å². The van der Waals surface area contributed by atoms with E-state index in [-0.39, 0.29) is 6.42 Å². The summed E-state index contributed by atoms with van der Waals surface area (Å²) in [5, 5.41) is 0. The average Bonchev–Trinajstić information content (AvgIpc) is 2.34. The molecule has 0 aromatic carbocycles. The molecule has 3 rings (SSSR count). The van der Waals surface area contributed by atoms with E-state index in [0.717, 1.165) is 12.8 Å². The predicted octanol–water partition coefficient (Wildman–Crippen LogP) is 2.70. The van der Waals surface area contributed by atoms with Crippen molar-refractivity contribution in [1.82, 2.24) is 0 Å². The van der Waals surface area contributed by atoms with Gasteiger partial charge in [0.1, 0.15) is 6.42 Å². The van der Waals surface area contributed by atoms with E-state index in [1.807, 2.05) is 0 Å². The highest BCUT2D eigenvalue weighted by Crippen LogP contribution is 2.51. The SMILES string of the molecule is O=C1CC(=O)OC2(CCC3(CCCCC3)CC2)O1. The van der Waals surface area contributed by atoms with Crippen LogP contribution in [0.4, 0.5) is 0 Å². The van der Waals surface area contributed by atoms with Gasteiger partial charge in [0.2, 0.25) is 0 Å². The summed E-state index contributed by atoms with van der Waals surface area (Å²) in [6, 6.07) is 0. The van der Waals surface area contributed by atoms with Gasteiger partial charge < -0.3 is 9.47 Å². The van der Waals surface area contributed by atoms with E-state index in [4.69, 9.17) is 9.47 Å². The summed E-state index contributed by atoms with van der Waals surface area (Å²) >= 11 is 0. The minimum atomic E-state index is -0.922. The van der Waals surface area contributed by atoms with Crippen LogP contribution in [0.3, 0.4) is 0 Å². The fourth-order valence-corrected chi connectivity index (χ4v) is 3.79. The number of hydrogen-bond donors (Lipinski definition) is 0. The van der Waals surface area contributed by atoms with E-state index in [9.17, 15) is 9.59 Å². The van der Waals surface area contributed by atoms with E-state index in [0.29, 0.717) is 18.3 Å². The van der Waals surface area contributed by atoms with Crippen LogP contribution in [-0.4, -0.2) is 17.7 Å². The lowest BCUT2D eigenvalue weighted by atomic mass is 9.64. The molecule has 3 fully saturated rings. The van der Waals surface area contributed by atoms with Gasteiger partial charge in [-0.15, -0.1) is 0 Å². The van der Waals surface area contributed by atoms with E-state index in [1.165, 1.54) is 32.1 Å². The number of esters is 2. The molecule has 0 bridgehead atoms.